The van der Waals surface area contributed by atoms with Crippen molar-refractivity contribution in [1.82, 2.24) is 5.32 Å². The highest BCUT2D eigenvalue weighted by molar-refractivity contribution is 5.98. The summed E-state index contributed by atoms with van der Waals surface area (Å²) in [6.45, 7) is 8.97. The number of esters is 1. The Bertz CT molecular complexity index is 918. The molecular formula is C25H35NO6. The van der Waals surface area contributed by atoms with Crippen LogP contribution in [0, 0.1) is 6.92 Å². The van der Waals surface area contributed by atoms with Crippen molar-refractivity contribution in [3.63, 3.8) is 0 Å². The van der Waals surface area contributed by atoms with Gasteiger partial charge in [-0.05, 0) is 58.9 Å². The summed E-state index contributed by atoms with van der Waals surface area (Å²) in [6, 6.07) is 0.165. The van der Waals surface area contributed by atoms with Crippen molar-refractivity contribution in [1.29, 1.82) is 0 Å². The van der Waals surface area contributed by atoms with E-state index in [2.05, 4.69) is 25.2 Å². The minimum Gasteiger partial charge on any atom is -0.496 e. The van der Waals surface area contributed by atoms with Crippen molar-refractivity contribution in [3.05, 3.63) is 33.9 Å². The highest BCUT2D eigenvalue weighted by Gasteiger charge is 2.33. The van der Waals surface area contributed by atoms with E-state index in [0.717, 1.165) is 35.1 Å². The van der Waals surface area contributed by atoms with Gasteiger partial charge >= 0.3 is 5.97 Å². The Morgan fingerprint density at radius 2 is 1.94 bits per heavy atom. The Kier molecular flexibility index (Phi) is 7.49. The third-order valence-corrected chi connectivity index (χ3v) is 6.29. The fourth-order valence-electron chi connectivity index (χ4n) is 4.58. The van der Waals surface area contributed by atoms with E-state index in [1.54, 1.807) is 14.2 Å². The second kappa shape index (κ2) is 9.94. The van der Waals surface area contributed by atoms with E-state index in [4.69, 9.17) is 18.9 Å². The van der Waals surface area contributed by atoms with Crippen molar-refractivity contribution in [3.8, 4) is 11.5 Å². The van der Waals surface area contributed by atoms with Gasteiger partial charge in [-0.1, -0.05) is 11.6 Å². The van der Waals surface area contributed by atoms with Crippen LogP contribution in [0.15, 0.2) is 11.6 Å². The predicted molar refractivity (Wildman–Crippen MR) is 121 cm³/mol. The molecule has 0 radical (unpaired) electrons. The van der Waals surface area contributed by atoms with Gasteiger partial charge in [-0.2, -0.15) is 0 Å². The maximum Gasteiger partial charge on any atom is 0.342 e. The molecule has 0 bridgehead atoms. The van der Waals surface area contributed by atoms with Crippen molar-refractivity contribution in [2.45, 2.75) is 78.0 Å². The molecular weight excluding hydrogens is 410 g/mol. The third kappa shape index (κ3) is 5.26. The molecule has 3 rings (SSSR count). The molecule has 1 N–H and O–H groups in total. The van der Waals surface area contributed by atoms with Crippen molar-refractivity contribution in [2.75, 3.05) is 20.8 Å². The van der Waals surface area contributed by atoms with Crippen molar-refractivity contribution in [2.24, 2.45) is 0 Å². The molecule has 2 heterocycles. The molecule has 0 spiro atoms. The second-order valence-corrected chi connectivity index (χ2v) is 9.22. The summed E-state index contributed by atoms with van der Waals surface area (Å²) in [5, 5.41) is 3.14. The quantitative estimate of drug-likeness (QED) is 0.481. The van der Waals surface area contributed by atoms with Crippen LogP contribution in [0.2, 0.25) is 0 Å². The summed E-state index contributed by atoms with van der Waals surface area (Å²) in [6.07, 6.45) is 5.38. The second-order valence-electron chi connectivity index (χ2n) is 9.22. The minimum atomic E-state index is -0.363. The molecule has 2 aliphatic heterocycles. The van der Waals surface area contributed by atoms with E-state index >= 15 is 0 Å². The maximum atomic E-state index is 12.4. The number of allylic oxidation sites excluding steroid dienone is 2. The SMILES string of the molecule is COc1c(C)c2c(c(OC)c1C/C=C(\C)CCC(=O)NC1CCOC(C)(C)C1)C(=O)OC2. The number of rotatable bonds is 8. The Labute approximate surface area is 190 Å². The number of amides is 1. The number of nitrogens with one attached hydrogen (secondary N) is 1. The lowest BCUT2D eigenvalue weighted by Crippen LogP contribution is -2.45. The average molecular weight is 446 g/mol. The largest absolute Gasteiger partial charge is 0.496 e. The van der Waals surface area contributed by atoms with Gasteiger partial charge < -0.3 is 24.3 Å². The fraction of sp³-hybridized carbons (Fsp3) is 0.600. The lowest BCUT2D eigenvalue weighted by molar-refractivity contribution is -0.124. The third-order valence-electron chi connectivity index (χ3n) is 6.29. The first-order chi connectivity index (χ1) is 15.2. The van der Waals surface area contributed by atoms with Crippen molar-refractivity contribution < 1.29 is 28.5 Å². The van der Waals surface area contributed by atoms with E-state index in [1.165, 1.54) is 0 Å². The zero-order valence-electron chi connectivity index (χ0n) is 20.1. The Hall–Kier alpha value is -2.54. The molecule has 1 aromatic carbocycles. The molecule has 2 aliphatic rings. The van der Waals surface area contributed by atoms with Gasteiger partial charge in [0.2, 0.25) is 5.91 Å². The standard InChI is InChI=1S/C25H35NO6/c1-15(8-10-20(27)26-17-11-12-32-25(3,4)13-17)7-9-18-22(29-5)16(2)19-14-31-24(28)21(19)23(18)30-6/h7,17H,8-14H2,1-6H3,(H,26,27)/b15-7+. The zero-order chi connectivity index (χ0) is 23.5. The molecule has 7 heteroatoms. The van der Waals surface area contributed by atoms with Crippen LogP contribution in [-0.2, 0) is 27.3 Å². The zero-order valence-corrected chi connectivity index (χ0v) is 20.1. The summed E-state index contributed by atoms with van der Waals surface area (Å²) in [5.74, 6) is 0.918. The topological polar surface area (TPSA) is 83.1 Å². The summed E-state index contributed by atoms with van der Waals surface area (Å²) < 4.78 is 22.2. The minimum absolute atomic E-state index is 0.0618. The number of fused-ring (bicyclic) bond motifs is 1. The van der Waals surface area contributed by atoms with Crippen LogP contribution in [0.5, 0.6) is 11.5 Å². The molecule has 1 fully saturated rings. The van der Waals surface area contributed by atoms with Crippen molar-refractivity contribution >= 4 is 11.9 Å². The van der Waals surface area contributed by atoms with Crippen LogP contribution in [0.4, 0.5) is 0 Å². The molecule has 1 saturated heterocycles. The van der Waals surface area contributed by atoms with Gasteiger partial charge in [-0.3, -0.25) is 4.79 Å². The number of benzene rings is 1. The van der Waals surface area contributed by atoms with E-state index < -0.39 is 0 Å². The van der Waals surface area contributed by atoms with Crippen LogP contribution >= 0.6 is 0 Å². The number of carbonyl (C=O) groups excluding carboxylic acids is 2. The Balaban J connectivity index is 1.66. The number of carbonyl (C=O) groups is 2. The van der Waals surface area contributed by atoms with Crippen LogP contribution < -0.4 is 14.8 Å². The van der Waals surface area contributed by atoms with Crippen LogP contribution in [0.1, 0.15) is 73.5 Å². The molecule has 176 valence electrons. The van der Waals surface area contributed by atoms with Gasteiger partial charge in [0, 0.05) is 30.2 Å². The molecule has 7 nitrogen and oxygen atoms in total. The van der Waals surface area contributed by atoms with Gasteiger partial charge in [0.15, 0.2) is 0 Å². The fourth-order valence-corrected chi connectivity index (χ4v) is 4.58. The summed E-state index contributed by atoms with van der Waals surface area (Å²) in [5.41, 5.74) is 3.93. The summed E-state index contributed by atoms with van der Waals surface area (Å²) in [4.78, 5) is 24.7. The van der Waals surface area contributed by atoms with Crippen LogP contribution in [0.25, 0.3) is 0 Å². The first kappa shape index (κ1) is 24.1. The van der Waals surface area contributed by atoms with E-state index in [0.29, 0.717) is 42.9 Å². The number of ether oxygens (including phenoxy) is 4. The Morgan fingerprint density at radius 3 is 2.59 bits per heavy atom. The predicted octanol–water partition coefficient (Wildman–Crippen LogP) is 4.03. The monoisotopic (exact) mass is 445 g/mol. The number of methoxy groups -OCH3 is 2. The first-order valence-corrected chi connectivity index (χ1v) is 11.2. The van der Waals surface area contributed by atoms with Gasteiger partial charge in [0.25, 0.3) is 0 Å². The maximum absolute atomic E-state index is 12.4. The number of hydrogen-bond donors (Lipinski definition) is 1. The first-order valence-electron chi connectivity index (χ1n) is 11.2. The smallest absolute Gasteiger partial charge is 0.342 e. The van der Waals surface area contributed by atoms with E-state index in [-0.39, 0.29) is 30.1 Å². The Morgan fingerprint density at radius 1 is 1.22 bits per heavy atom. The number of hydrogen-bond acceptors (Lipinski definition) is 6. The average Bonchev–Trinajstić information content (AvgIpc) is 3.12. The molecule has 1 aromatic rings. The molecule has 1 unspecified atom stereocenters. The van der Waals surface area contributed by atoms with E-state index in [9.17, 15) is 9.59 Å². The van der Waals surface area contributed by atoms with Crippen LogP contribution in [0.3, 0.4) is 0 Å². The molecule has 0 aliphatic carbocycles. The highest BCUT2D eigenvalue weighted by atomic mass is 16.5. The van der Waals surface area contributed by atoms with Gasteiger partial charge in [-0.15, -0.1) is 0 Å². The molecule has 1 atom stereocenters. The van der Waals surface area contributed by atoms with E-state index in [1.807, 2.05) is 13.8 Å². The number of cyclic esters (lactones) is 1. The van der Waals surface area contributed by atoms with Gasteiger partial charge in [0.1, 0.15) is 23.7 Å². The lowest BCUT2D eigenvalue weighted by Gasteiger charge is -2.35. The van der Waals surface area contributed by atoms with Gasteiger partial charge in [0.05, 0.1) is 19.8 Å². The molecule has 0 saturated carbocycles. The highest BCUT2D eigenvalue weighted by Crippen LogP contribution is 2.42. The van der Waals surface area contributed by atoms with Gasteiger partial charge in [-0.25, -0.2) is 4.79 Å². The normalized spacial score (nSPS) is 19.9. The molecule has 0 aromatic heterocycles. The summed E-state index contributed by atoms with van der Waals surface area (Å²) in [7, 11) is 3.17. The van der Waals surface area contributed by atoms with Crippen LogP contribution in [-0.4, -0.2) is 44.3 Å². The molecule has 32 heavy (non-hydrogen) atoms. The lowest BCUT2D eigenvalue weighted by atomic mass is 9.93. The molecule has 1 amide bonds. The summed E-state index contributed by atoms with van der Waals surface area (Å²) >= 11 is 0.